The van der Waals surface area contributed by atoms with Gasteiger partial charge in [-0.2, -0.15) is 0 Å². The summed E-state index contributed by atoms with van der Waals surface area (Å²) >= 11 is 0. The van der Waals surface area contributed by atoms with E-state index in [9.17, 15) is 9.59 Å². The van der Waals surface area contributed by atoms with E-state index in [1.165, 1.54) is 7.11 Å². The third-order valence-electron chi connectivity index (χ3n) is 4.76. The van der Waals surface area contributed by atoms with Gasteiger partial charge in [-0.3, -0.25) is 4.79 Å². The van der Waals surface area contributed by atoms with Crippen LogP contribution in [0, 0.1) is 0 Å². The van der Waals surface area contributed by atoms with Gasteiger partial charge in [0.1, 0.15) is 17.4 Å². The smallest absolute Gasteiger partial charge is 0.328 e. The highest BCUT2D eigenvalue weighted by molar-refractivity contribution is 5.97. The number of benzene rings is 2. The highest BCUT2D eigenvalue weighted by atomic mass is 16.5. The number of esters is 1. The van der Waals surface area contributed by atoms with Crippen LogP contribution in [-0.4, -0.2) is 44.3 Å². The van der Waals surface area contributed by atoms with Crippen LogP contribution in [0.3, 0.4) is 0 Å². The van der Waals surface area contributed by atoms with E-state index in [-0.39, 0.29) is 12.0 Å². The molecular weight excluding hydrogens is 422 g/mol. The van der Waals surface area contributed by atoms with Crippen LogP contribution in [0.1, 0.15) is 56.5 Å². The molecule has 0 saturated carbocycles. The van der Waals surface area contributed by atoms with Crippen molar-refractivity contribution in [3.05, 3.63) is 53.6 Å². The van der Waals surface area contributed by atoms with E-state index in [2.05, 4.69) is 12.2 Å². The van der Waals surface area contributed by atoms with Gasteiger partial charge in [-0.1, -0.05) is 25.5 Å². The molecule has 0 heterocycles. The van der Waals surface area contributed by atoms with Crippen LogP contribution in [0.2, 0.25) is 0 Å². The van der Waals surface area contributed by atoms with Gasteiger partial charge in [-0.15, -0.1) is 0 Å². The number of ether oxygens (including phenoxy) is 4. The van der Waals surface area contributed by atoms with E-state index in [4.69, 9.17) is 18.9 Å². The van der Waals surface area contributed by atoms with Crippen LogP contribution in [0.5, 0.6) is 17.2 Å². The van der Waals surface area contributed by atoms with E-state index < -0.39 is 17.9 Å². The van der Waals surface area contributed by atoms with Gasteiger partial charge in [0.15, 0.2) is 11.5 Å². The van der Waals surface area contributed by atoms with E-state index in [0.29, 0.717) is 23.7 Å². The Morgan fingerprint density at radius 1 is 1.00 bits per heavy atom. The maximum absolute atomic E-state index is 12.9. The lowest BCUT2D eigenvalue weighted by molar-refractivity contribution is -0.142. The monoisotopic (exact) mass is 457 g/mol. The highest BCUT2D eigenvalue weighted by Gasteiger charge is 2.23. The predicted octanol–water partition coefficient (Wildman–Crippen LogP) is 4.57. The lowest BCUT2D eigenvalue weighted by atomic mass is 10.0. The third kappa shape index (κ3) is 8.33. The summed E-state index contributed by atoms with van der Waals surface area (Å²) in [6, 6.07) is 11.5. The fraction of sp³-hybridized carbons (Fsp3) is 0.462. The van der Waals surface area contributed by atoms with Gasteiger partial charge in [0, 0.05) is 12.0 Å². The van der Waals surface area contributed by atoms with Crippen molar-refractivity contribution < 1.29 is 28.5 Å². The molecule has 0 spiro atoms. The molecule has 2 rings (SSSR count). The second kappa shape index (κ2) is 12.1. The van der Waals surface area contributed by atoms with Gasteiger partial charge in [0.25, 0.3) is 5.91 Å². The van der Waals surface area contributed by atoms with Crippen molar-refractivity contribution in [2.24, 2.45) is 0 Å². The Morgan fingerprint density at radius 3 is 2.27 bits per heavy atom. The average Bonchev–Trinajstić information content (AvgIpc) is 2.78. The molecule has 0 saturated heterocycles. The Hall–Kier alpha value is -3.22. The van der Waals surface area contributed by atoms with Crippen molar-refractivity contribution in [1.29, 1.82) is 0 Å². The molecule has 0 bridgehead atoms. The van der Waals surface area contributed by atoms with Crippen molar-refractivity contribution in [3.8, 4) is 17.2 Å². The van der Waals surface area contributed by atoms with Crippen molar-refractivity contribution in [2.75, 3.05) is 20.8 Å². The number of carbonyl (C=O) groups is 2. The maximum Gasteiger partial charge on any atom is 0.328 e. The topological polar surface area (TPSA) is 83.1 Å². The van der Waals surface area contributed by atoms with E-state index in [1.54, 1.807) is 25.3 Å². The molecule has 0 radical (unpaired) electrons. The Bertz CT molecular complexity index is 917. The molecule has 7 nitrogen and oxygen atoms in total. The molecule has 1 amide bonds. The lowest BCUT2D eigenvalue weighted by Gasteiger charge is -2.21. The number of amides is 1. The largest absolute Gasteiger partial charge is 0.493 e. The summed E-state index contributed by atoms with van der Waals surface area (Å²) < 4.78 is 21.8. The first-order valence-electron chi connectivity index (χ1n) is 11.1. The number of carbonyl (C=O) groups excluding carboxylic acids is 2. The van der Waals surface area contributed by atoms with Gasteiger partial charge in [-0.05, 0) is 63.1 Å². The summed E-state index contributed by atoms with van der Waals surface area (Å²) in [6.45, 7) is 8.52. The van der Waals surface area contributed by atoms with Crippen LogP contribution >= 0.6 is 0 Å². The summed E-state index contributed by atoms with van der Waals surface area (Å²) in [5.41, 5.74) is 0.928. The summed E-state index contributed by atoms with van der Waals surface area (Å²) in [5, 5.41) is 2.78. The zero-order valence-corrected chi connectivity index (χ0v) is 20.4. The molecule has 33 heavy (non-hydrogen) atoms. The summed E-state index contributed by atoms with van der Waals surface area (Å²) in [4.78, 5) is 25.3. The van der Waals surface area contributed by atoms with E-state index in [1.807, 2.05) is 45.0 Å². The first kappa shape index (κ1) is 26.0. The number of nitrogens with one attached hydrogen (secondary N) is 1. The Balaban J connectivity index is 2.14. The average molecular weight is 458 g/mol. The van der Waals surface area contributed by atoms with Crippen LogP contribution in [0.15, 0.2) is 42.5 Å². The molecular formula is C26H35NO6. The Morgan fingerprint density at radius 2 is 1.70 bits per heavy atom. The van der Waals surface area contributed by atoms with Crippen molar-refractivity contribution >= 4 is 11.9 Å². The van der Waals surface area contributed by atoms with Gasteiger partial charge >= 0.3 is 5.97 Å². The van der Waals surface area contributed by atoms with Gasteiger partial charge < -0.3 is 24.3 Å². The molecule has 0 fully saturated rings. The SMILES string of the molecule is CCCCOc1cc(C(=O)NC(Cc2ccc(OC(C)(C)C)cc2)C(=O)OC)ccc1OC. The zero-order chi connectivity index (χ0) is 24.4. The number of rotatable bonds is 11. The Labute approximate surface area is 196 Å². The predicted molar refractivity (Wildman–Crippen MR) is 127 cm³/mol. The molecule has 0 aliphatic carbocycles. The van der Waals surface area contributed by atoms with Gasteiger partial charge in [-0.25, -0.2) is 4.79 Å². The summed E-state index contributed by atoms with van der Waals surface area (Å²) in [7, 11) is 2.85. The quantitative estimate of drug-likeness (QED) is 0.393. The van der Waals surface area contributed by atoms with E-state index in [0.717, 1.165) is 24.2 Å². The molecule has 1 unspecified atom stereocenters. The van der Waals surface area contributed by atoms with Crippen LogP contribution < -0.4 is 19.5 Å². The minimum Gasteiger partial charge on any atom is -0.493 e. The Kier molecular flexibility index (Phi) is 9.57. The molecule has 0 aliphatic rings. The molecule has 2 aromatic carbocycles. The van der Waals surface area contributed by atoms with Gasteiger partial charge in [0.2, 0.25) is 0 Å². The molecule has 1 atom stereocenters. The van der Waals surface area contributed by atoms with Crippen LogP contribution in [0.4, 0.5) is 0 Å². The van der Waals surface area contributed by atoms with Crippen LogP contribution in [-0.2, 0) is 16.0 Å². The summed E-state index contributed by atoms with van der Waals surface area (Å²) in [6.07, 6.45) is 2.17. The van der Waals surface area contributed by atoms with Crippen molar-refractivity contribution in [2.45, 2.75) is 58.6 Å². The molecule has 0 aliphatic heterocycles. The van der Waals surface area contributed by atoms with Gasteiger partial charge in [0.05, 0.1) is 20.8 Å². The second-order valence-electron chi connectivity index (χ2n) is 8.68. The molecule has 1 N–H and O–H groups in total. The third-order valence-corrected chi connectivity index (χ3v) is 4.76. The fourth-order valence-electron chi connectivity index (χ4n) is 3.12. The fourth-order valence-corrected chi connectivity index (χ4v) is 3.12. The highest BCUT2D eigenvalue weighted by Crippen LogP contribution is 2.28. The molecule has 7 heteroatoms. The summed E-state index contributed by atoms with van der Waals surface area (Å²) in [5.74, 6) is 0.846. The van der Waals surface area contributed by atoms with Crippen molar-refractivity contribution in [3.63, 3.8) is 0 Å². The number of hydrogen-bond donors (Lipinski definition) is 1. The normalized spacial score (nSPS) is 11.9. The van der Waals surface area contributed by atoms with Crippen LogP contribution in [0.25, 0.3) is 0 Å². The lowest BCUT2D eigenvalue weighted by Crippen LogP contribution is -2.43. The number of unbranched alkanes of at least 4 members (excludes halogenated alkanes) is 1. The molecule has 2 aromatic rings. The van der Waals surface area contributed by atoms with E-state index >= 15 is 0 Å². The standard InChI is InChI=1S/C26H35NO6/c1-7-8-15-32-23-17-19(11-14-22(23)30-5)24(28)27-21(25(29)31-6)16-18-9-12-20(13-10-18)33-26(2,3)4/h9-14,17,21H,7-8,15-16H2,1-6H3,(H,27,28). The second-order valence-corrected chi connectivity index (χ2v) is 8.68. The minimum absolute atomic E-state index is 0.282. The number of hydrogen-bond acceptors (Lipinski definition) is 6. The maximum atomic E-state index is 12.9. The first-order chi connectivity index (χ1) is 15.7. The number of methoxy groups -OCH3 is 2. The minimum atomic E-state index is -0.844. The first-order valence-corrected chi connectivity index (χ1v) is 11.1. The zero-order valence-electron chi connectivity index (χ0n) is 20.4. The molecule has 0 aromatic heterocycles. The molecule has 180 valence electrons. The van der Waals surface area contributed by atoms with Crippen molar-refractivity contribution in [1.82, 2.24) is 5.32 Å².